The number of fused-ring (bicyclic) bond motifs is 1. The minimum absolute atomic E-state index is 0.301. The van der Waals surface area contributed by atoms with Crippen LogP contribution in [-0.2, 0) is 4.74 Å². The van der Waals surface area contributed by atoms with Gasteiger partial charge >= 0.3 is 0 Å². The molecule has 2 aromatic rings. The van der Waals surface area contributed by atoms with Gasteiger partial charge in [0.15, 0.2) is 0 Å². The fraction of sp³-hybridized carbons (Fsp3) is 0.538. The zero-order valence-electron chi connectivity index (χ0n) is 11.0. The molecule has 2 N–H and O–H groups in total. The van der Waals surface area contributed by atoms with Crippen molar-refractivity contribution in [1.82, 2.24) is 9.97 Å². The molecular weight excluding hydrogens is 260 g/mol. The Balaban J connectivity index is 1.77. The Labute approximate surface area is 116 Å². The van der Waals surface area contributed by atoms with Gasteiger partial charge < -0.3 is 15.4 Å². The van der Waals surface area contributed by atoms with Crippen LogP contribution in [0.4, 0.5) is 11.8 Å². The predicted octanol–water partition coefficient (Wildman–Crippen LogP) is 2.71. The van der Waals surface area contributed by atoms with Crippen LogP contribution in [0, 0.1) is 0 Å². The molecule has 3 heterocycles. The van der Waals surface area contributed by atoms with Crippen molar-refractivity contribution in [3.8, 4) is 0 Å². The van der Waals surface area contributed by atoms with Crippen molar-refractivity contribution < 1.29 is 4.74 Å². The van der Waals surface area contributed by atoms with E-state index in [4.69, 9.17) is 4.74 Å². The smallest absolute Gasteiger partial charge is 0.225 e. The van der Waals surface area contributed by atoms with E-state index < -0.39 is 0 Å². The van der Waals surface area contributed by atoms with Gasteiger partial charge in [-0.25, -0.2) is 4.98 Å². The molecule has 1 unspecified atom stereocenters. The van der Waals surface area contributed by atoms with Crippen molar-refractivity contribution in [3.63, 3.8) is 0 Å². The molecule has 5 nitrogen and oxygen atoms in total. The second-order valence-electron chi connectivity index (χ2n) is 4.65. The number of nitrogens with one attached hydrogen (secondary N) is 2. The highest BCUT2D eigenvalue weighted by Gasteiger charge is 2.15. The quantitative estimate of drug-likeness (QED) is 0.900. The molecule has 1 aliphatic rings. The summed E-state index contributed by atoms with van der Waals surface area (Å²) in [7, 11) is 1.84. The van der Waals surface area contributed by atoms with Crippen LogP contribution in [0.15, 0.2) is 11.4 Å². The second-order valence-corrected chi connectivity index (χ2v) is 5.55. The third-order valence-electron chi connectivity index (χ3n) is 3.32. The van der Waals surface area contributed by atoms with Gasteiger partial charge in [0.05, 0.1) is 11.5 Å². The summed E-state index contributed by atoms with van der Waals surface area (Å²) in [5, 5.41) is 9.54. The number of hydrogen-bond donors (Lipinski definition) is 2. The zero-order chi connectivity index (χ0) is 13.1. The maximum absolute atomic E-state index is 5.73. The average Bonchev–Trinajstić information content (AvgIpc) is 2.94. The number of aromatic nitrogens is 2. The molecule has 102 valence electrons. The van der Waals surface area contributed by atoms with E-state index in [9.17, 15) is 0 Å². The fourth-order valence-corrected chi connectivity index (χ4v) is 3.04. The number of anilines is 2. The van der Waals surface area contributed by atoms with E-state index in [1.165, 1.54) is 12.8 Å². The van der Waals surface area contributed by atoms with Gasteiger partial charge in [0, 0.05) is 20.2 Å². The van der Waals surface area contributed by atoms with Crippen LogP contribution in [0.5, 0.6) is 0 Å². The van der Waals surface area contributed by atoms with Gasteiger partial charge in [0.1, 0.15) is 10.6 Å². The second kappa shape index (κ2) is 5.71. The van der Waals surface area contributed by atoms with Crippen LogP contribution >= 0.6 is 11.3 Å². The summed E-state index contributed by atoms with van der Waals surface area (Å²) >= 11 is 1.63. The Morgan fingerprint density at radius 1 is 1.42 bits per heavy atom. The van der Waals surface area contributed by atoms with Gasteiger partial charge in [-0.3, -0.25) is 0 Å². The van der Waals surface area contributed by atoms with Gasteiger partial charge in [0.25, 0.3) is 0 Å². The fourth-order valence-electron chi connectivity index (χ4n) is 2.28. The maximum Gasteiger partial charge on any atom is 0.225 e. The van der Waals surface area contributed by atoms with Crippen molar-refractivity contribution in [2.24, 2.45) is 0 Å². The molecular formula is C13H18N4OS. The highest BCUT2D eigenvalue weighted by atomic mass is 32.1. The normalized spacial score (nSPS) is 19.5. The first-order valence-corrected chi connectivity index (χ1v) is 7.53. The molecule has 0 radical (unpaired) electrons. The molecule has 1 fully saturated rings. The standard InChI is InChI=1S/C13H18N4OS/c1-14-13-16-11(10-5-7-19-12(10)17-13)15-8-9-4-2-3-6-18-9/h5,7,9H,2-4,6,8H2,1H3,(H2,14,15,16,17). The summed E-state index contributed by atoms with van der Waals surface area (Å²) in [6.45, 7) is 1.69. The number of thiophene rings is 1. The molecule has 0 aromatic carbocycles. The molecule has 6 heteroatoms. The molecule has 0 bridgehead atoms. The molecule has 3 rings (SSSR count). The third kappa shape index (κ3) is 2.79. The number of nitrogens with zero attached hydrogens (tertiary/aromatic N) is 2. The molecule has 19 heavy (non-hydrogen) atoms. The van der Waals surface area contributed by atoms with Crippen molar-refractivity contribution in [1.29, 1.82) is 0 Å². The largest absolute Gasteiger partial charge is 0.376 e. The highest BCUT2D eigenvalue weighted by Crippen LogP contribution is 2.26. The molecule has 1 atom stereocenters. The van der Waals surface area contributed by atoms with Crippen LogP contribution in [-0.4, -0.2) is 36.3 Å². The van der Waals surface area contributed by atoms with Gasteiger partial charge in [-0.05, 0) is 30.7 Å². The number of hydrogen-bond acceptors (Lipinski definition) is 6. The predicted molar refractivity (Wildman–Crippen MR) is 79.0 cm³/mol. The Bertz CT molecular complexity index is 551. The lowest BCUT2D eigenvalue weighted by Gasteiger charge is -2.23. The van der Waals surface area contributed by atoms with Crippen LogP contribution < -0.4 is 10.6 Å². The van der Waals surface area contributed by atoms with Crippen molar-refractivity contribution in [2.75, 3.05) is 30.8 Å². The minimum Gasteiger partial charge on any atom is -0.376 e. The topological polar surface area (TPSA) is 59.1 Å². The van der Waals surface area contributed by atoms with E-state index in [0.29, 0.717) is 12.1 Å². The Morgan fingerprint density at radius 3 is 3.16 bits per heavy atom. The lowest BCUT2D eigenvalue weighted by Crippen LogP contribution is -2.27. The summed E-state index contributed by atoms with van der Waals surface area (Å²) in [4.78, 5) is 9.93. The lowest BCUT2D eigenvalue weighted by molar-refractivity contribution is 0.0247. The van der Waals surface area contributed by atoms with E-state index in [1.54, 1.807) is 11.3 Å². The third-order valence-corrected chi connectivity index (χ3v) is 4.13. The van der Waals surface area contributed by atoms with Crippen LogP contribution in [0.2, 0.25) is 0 Å². The Morgan fingerprint density at radius 2 is 2.37 bits per heavy atom. The molecule has 0 amide bonds. The first kappa shape index (κ1) is 12.6. The molecule has 0 spiro atoms. The Hall–Kier alpha value is -1.40. The lowest BCUT2D eigenvalue weighted by atomic mass is 10.1. The SMILES string of the molecule is CNc1nc(NCC2CCCCO2)c2ccsc2n1. The van der Waals surface area contributed by atoms with Gasteiger partial charge in [-0.1, -0.05) is 0 Å². The summed E-state index contributed by atoms with van der Waals surface area (Å²) in [5.74, 6) is 1.55. The maximum atomic E-state index is 5.73. The van der Waals surface area contributed by atoms with Crippen LogP contribution in [0.1, 0.15) is 19.3 Å². The summed E-state index contributed by atoms with van der Waals surface area (Å²) in [6.07, 6.45) is 3.87. The van der Waals surface area contributed by atoms with Crippen molar-refractivity contribution in [3.05, 3.63) is 11.4 Å². The molecule has 0 saturated carbocycles. The number of ether oxygens (including phenoxy) is 1. The van der Waals surface area contributed by atoms with E-state index >= 15 is 0 Å². The van der Waals surface area contributed by atoms with Crippen LogP contribution in [0.3, 0.4) is 0 Å². The minimum atomic E-state index is 0.301. The molecule has 1 aliphatic heterocycles. The highest BCUT2D eigenvalue weighted by molar-refractivity contribution is 7.16. The van der Waals surface area contributed by atoms with Crippen molar-refractivity contribution in [2.45, 2.75) is 25.4 Å². The van der Waals surface area contributed by atoms with Gasteiger partial charge in [-0.2, -0.15) is 4.98 Å². The van der Waals surface area contributed by atoms with Gasteiger partial charge in [0.2, 0.25) is 5.95 Å². The summed E-state index contributed by atoms with van der Waals surface area (Å²) in [5.41, 5.74) is 0. The van der Waals surface area contributed by atoms with E-state index in [0.717, 1.165) is 35.6 Å². The Kier molecular flexibility index (Phi) is 3.79. The molecule has 1 saturated heterocycles. The van der Waals surface area contributed by atoms with E-state index in [1.807, 2.05) is 12.4 Å². The zero-order valence-corrected chi connectivity index (χ0v) is 11.8. The first-order valence-electron chi connectivity index (χ1n) is 6.65. The van der Waals surface area contributed by atoms with E-state index in [-0.39, 0.29) is 0 Å². The monoisotopic (exact) mass is 278 g/mol. The molecule has 0 aliphatic carbocycles. The first-order chi connectivity index (χ1) is 9.36. The summed E-state index contributed by atoms with van der Waals surface area (Å²) < 4.78 is 5.73. The average molecular weight is 278 g/mol. The van der Waals surface area contributed by atoms with Gasteiger partial charge in [-0.15, -0.1) is 11.3 Å². The number of rotatable bonds is 4. The van der Waals surface area contributed by atoms with E-state index in [2.05, 4.69) is 26.7 Å². The van der Waals surface area contributed by atoms with Crippen LogP contribution in [0.25, 0.3) is 10.2 Å². The molecule has 2 aromatic heterocycles. The van der Waals surface area contributed by atoms with Crippen molar-refractivity contribution >= 4 is 33.3 Å². The summed E-state index contributed by atoms with van der Waals surface area (Å²) in [6, 6.07) is 2.06.